The first-order valence-electron chi connectivity index (χ1n) is 6.06. The first kappa shape index (κ1) is 13.9. The van der Waals surface area contributed by atoms with Crippen LogP contribution in [-0.2, 0) is 4.79 Å². The Hall–Kier alpha value is -1.15. The lowest BCUT2D eigenvalue weighted by Gasteiger charge is -2.20. The Morgan fingerprint density at radius 3 is 1.82 bits per heavy atom. The molecule has 2 nitrogen and oxygen atoms in total. The van der Waals surface area contributed by atoms with Crippen molar-refractivity contribution in [3.8, 4) is 0 Å². The topological polar surface area (TPSA) is 37.3 Å². The van der Waals surface area contributed by atoms with Gasteiger partial charge in [-0.15, -0.1) is 0 Å². The summed E-state index contributed by atoms with van der Waals surface area (Å²) in [5, 5.41) is 10.2. The zero-order valence-electron chi connectivity index (χ0n) is 11.6. The number of ketones is 1. The molecule has 0 heterocycles. The minimum Gasteiger partial charge on any atom is -0.381 e. The highest BCUT2D eigenvalue weighted by molar-refractivity contribution is 5.86. The van der Waals surface area contributed by atoms with Crippen molar-refractivity contribution in [3.63, 3.8) is 0 Å². The second kappa shape index (κ2) is 5.01. The molecule has 2 heteroatoms. The Kier molecular flexibility index (Phi) is 4.10. The molecule has 0 radical (unpaired) electrons. The van der Waals surface area contributed by atoms with Gasteiger partial charge in [-0.05, 0) is 55.5 Å². The number of hydrogen-bond donors (Lipinski definition) is 1. The molecule has 0 aromatic heterocycles. The van der Waals surface area contributed by atoms with Crippen LogP contribution in [-0.4, -0.2) is 10.9 Å². The average molecular weight is 234 g/mol. The van der Waals surface area contributed by atoms with Crippen molar-refractivity contribution in [2.24, 2.45) is 5.92 Å². The molecular weight excluding hydrogens is 212 g/mol. The molecule has 1 aromatic carbocycles. The van der Waals surface area contributed by atoms with Gasteiger partial charge in [-0.2, -0.15) is 0 Å². The molecule has 94 valence electrons. The van der Waals surface area contributed by atoms with Crippen molar-refractivity contribution in [1.82, 2.24) is 0 Å². The van der Waals surface area contributed by atoms with Crippen LogP contribution in [0.4, 0.5) is 0 Å². The quantitative estimate of drug-likeness (QED) is 0.872. The van der Waals surface area contributed by atoms with E-state index >= 15 is 0 Å². The smallest absolute Gasteiger partial charge is 0.168 e. The largest absolute Gasteiger partial charge is 0.381 e. The predicted octanol–water partition coefficient (Wildman–Crippen LogP) is 3.18. The minimum atomic E-state index is -0.992. The van der Waals surface area contributed by atoms with Crippen LogP contribution in [0.15, 0.2) is 6.07 Å². The first-order valence-corrected chi connectivity index (χ1v) is 6.06. The minimum absolute atomic E-state index is 0.110. The predicted molar refractivity (Wildman–Crippen MR) is 70.2 cm³/mol. The molecule has 1 atom stereocenters. The molecule has 1 N–H and O–H groups in total. The Morgan fingerprint density at radius 1 is 1.06 bits per heavy atom. The molecule has 0 aliphatic heterocycles. The summed E-state index contributed by atoms with van der Waals surface area (Å²) in [5.41, 5.74) is 5.09. The molecule has 1 rings (SSSR count). The Bertz CT molecular complexity index is 418. The lowest BCUT2D eigenvalue weighted by Crippen LogP contribution is -2.20. The van der Waals surface area contributed by atoms with Crippen LogP contribution < -0.4 is 0 Å². The first-order chi connectivity index (χ1) is 7.77. The zero-order valence-corrected chi connectivity index (χ0v) is 11.6. The molecule has 0 spiro atoms. The van der Waals surface area contributed by atoms with Crippen LogP contribution in [0.2, 0.25) is 0 Å². The summed E-state index contributed by atoms with van der Waals surface area (Å²) in [7, 11) is 0. The van der Waals surface area contributed by atoms with E-state index in [9.17, 15) is 9.90 Å². The molecule has 1 unspecified atom stereocenters. The number of carbonyl (C=O) groups is 1. The van der Waals surface area contributed by atoms with Crippen molar-refractivity contribution in [2.75, 3.05) is 0 Å². The molecular formula is C15H22O2. The number of Topliss-reactive ketones (excluding diaryl/α,β-unsaturated/α-hetero) is 1. The maximum atomic E-state index is 11.9. The Morgan fingerprint density at radius 2 is 1.47 bits per heavy atom. The van der Waals surface area contributed by atoms with Crippen molar-refractivity contribution in [2.45, 2.75) is 47.6 Å². The van der Waals surface area contributed by atoms with E-state index in [-0.39, 0.29) is 11.7 Å². The van der Waals surface area contributed by atoms with Crippen molar-refractivity contribution >= 4 is 5.78 Å². The standard InChI is InChI=1S/C15H22O2/c1-8(2)14(16)15(17)13-11(5)9(3)7-10(4)12(13)6/h7-8,15,17H,1-6H3. The van der Waals surface area contributed by atoms with Crippen molar-refractivity contribution in [1.29, 1.82) is 0 Å². The summed E-state index contributed by atoms with van der Waals surface area (Å²) >= 11 is 0. The summed E-state index contributed by atoms with van der Waals surface area (Å²) < 4.78 is 0. The van der Waals surface area contributed by atoms with Gasteiger partial charge in [-0.1, -0.05) is 19.9 Å². The molecule has 0 aliphatic carbocycles. The van der Waals surface area contributed by atoms with Crippen molar-refractivity contribution in [3.05, 3.63) is 33.9 Å². The molecule has 0 aliphatic rings. The Labute approximate surface area is 104 Å². The van der Waals surface area contributed by atoms with Gasteiger partial charge in [0.2, 0.25) is 0 Å². The monoisotopic (exact) mass is 234 g/mol. The van der Waals surface area contributed by atoms with Crippen molar-refractivity contribution < 1.29 is 9.90 Å². The second-order valence-corrected chi connectivity index (χ2v) is 5.13. The number of rotatable bonds is 3. The van der Waals surface area contributed by atoms with E-state index < -0.39 is 6.10 Å². The third-order valence-electron chi connectivity index (χ3n) is 3.54. The van der Waals surface area contributed by atoms with E-state index in [2.05, 4.69) is 6.07 Å². The van der Waals surface area contributed by atoms with E-state index in [1.807, 2.05) is 41.5 Å². The molecule has 0 saturated heterocycles. The van der Waals surface area contributed by atoms with Crippen LogP contribution in [0.25, 0.3) is 0 Å². The number of aliphatic hydroxyl groups is 1. The summed E-state index contributed by atoms with van der Waals surface area (Å²) in [4.78, 5) is 11.9. The normalized spacial score (nSPS) is 12.9. The Balaban J connectivity index is 3.35. The average Bonchev–Trinajstić information content (AvgIpc) is 2.25. The molecule has 0 bridgehead atoms. The number of carbonyl (C=O) groups excluding carboxylic acids is 1. The fourth-order valence-electron chi connectivity index (χ4n) is 2.12. The number of aliphatic hydroxyl groups excluding tert-OH is 1. The third-order valence-corrected chi connectivity index (χ3v) is 3.54. The van der Waals surface area contributed by atoms with Gasteiger partial charge < -0.3 is 5.11 Å². The van der Waals surface area contributed by atoms with Crippen LogP contribution in [0.5, 0.6) is 0 Å². The highest BCUT2D eigenvalue weighted by Crippen LogP contribution is 2.29. The van der Waals surface area contributed by atoms with E-state index in [1.54, 1.807) is 0 Å². The summed E-state index contributed by atoms with van der Waals surface area (Å²) in [6.07, 6.45) is -0.992. The van der Waals surface area contributed by atoms with Gasteiger partial charge in [0.05, 0.1) is 0 Å². The molecule has 0 amide bonds. The van der Waals surface area contributed by atoms with E-state index in [0.717, 1.165) is 27.8 Å². The van der Waals surface area contributed by atoms with E-state index in [1.165, 1.54) is 0 Å². The zero-order chi connectivity index (χ0) is 13.3. The molecule has 0 saturated carbocycles. The highest BCUT2D eigenvalue weighted by atomic mass is 16.3. The van der Waals surface area contributed by atoms with Gasteiger partial charge in [0.25, 0.3) is 0 Å². The van der Waals surface area contributed by atoms with E-state index in [0.29, 0.717) is 0 Å². The highest BCUT2D eigenvalue weighted by Gasteiger charge is 2.24. The molecule has 17 heavy (non-hydrogen) atoms. The lowest BCUT2D eigenvalue weighted by atomic mass is 9.87. The van der Waals surface area contributed by atoms with E-state index in [4.69, 9.17) is 0 Å². The number of benzene rings is 1. The van der Waals surface area contributed by atoms with Gasteiger partial charge >= 0.3 is 0 Å². The van der Waals surface area contributed by atoms with Gasteiger partial charge in [0.15, 0.2) is 5.78 Å². The summed E-state index contributed by atoms with van der Waals surface area (Å²) in [6, 6.07) is 2.10. The second-order valence-electron chi connectivity index (χ2n) is 5.13. The summed E-state index contributed by atoms with van der Waals surface area (Å²) in [6.45, 7) is 11.6. The maximum Gasteiger partial charge on any atom is 0.168 e. The lowest BCUT2D eigenvalue weighted by molar-refractivity contribution is -0.130. The van der Waals surface area contributed by atoms with Gasteiger partial charge in [0, 0.05) is 5.92 Å². The maximum absolute atomic E-state index is 11.9. The number of aryl methyl sites for hydroxylation is 2. The van der Waals surface area contributed by atoms with Crippen LogP contribution in [0.3, 0.4) is 0 Å². The third kappa shape index (κ3) is 2.58. The fourth-order valence-corrected chi connectivity index (χ4v) is 2.12. The van der Waals surface area contributed by atoms with Gasteiger partial charge in [0.1, 0.15) is 6.10 Å². The fraction of sp³-hybridized carbons (Fsp3) is 0.533. The number of hydrogen-bond acceptors (Lipinski definition) is 2. The molecule has 0 fully saturated rings. The van der Waals surface area contributed by atoms with Gasteiger partial charge in [-0.3, -0.25) is 4.79 Å². The summed E-state index contributed by atoms with van der Waals surface area (Å²) in [5.74, 6) is -0.259. The van der Waals surface area contributed by atoms with Crippen LogP contribution in [0.1, 0.15) is 47.8 Å². The molecule has 1 aromatic rings. The van der Waals surface area contributed by atoms with Gasteiger partial charge in [-0.25, -0.2) is 0 Å². The van der Waals surface area contributed by atoms with Crippen LogP contribution in [0, 0.1) is 33.6 Å². The van der Waals surface area contributed by atoms with Crippen LogP contribution >= 0.6 is 0 Å². The SMILES string of the molecule is Cc1cc(C)c(C)c(C(O)C(=O)C(C)C)c1C.